The van der Waals surface area contributed by atoms with Crippen LogP contribution in [-0.4, -0.2) is 24.0 Å². The second-order valence-electron chi connectivity index (χ2n) is 6.79. The van der Waals surface area contributed by atoms with Crippen LogP contribution in [0.2, 0.25) is 0 Å². The molecule has 0 aliphatic carbocycles. The Hall–Kier alpha value is -1.65. The summed E-state index contributed by atoms with van der Waals surface area (Å²) in [6, 6.07) is 18.0. The molecule has 3 nitrogen and oxygen atoms in total. The Morgan fingerprint density at radius 3 is 1.91 bits per heavy atom. The van der Waals surface area contributed by atoms with Crippen molar-refractivity contribution >= 4 is 9.84 Å². The number of rotatable bonds is 2. The minimum Gasteiger partial charge on any atom is -0.385 e. The second kappa shape index (κ2) is 5.18. The summed E-state index contributed by atoms with van der Waals surface area (Å²) in [6.07, 6.45) is 2.04. The lowest BCUT2D eigenvalue weighted by molar-refractivity contribution is 0.0173. The van der Waals surface area contributed by atoms with E-state index >= 15 is 0 Å². The van der Waals surface area contributed by atoms with Gasteiger partial charge in [-0.25, -0.2) is 8.42 Å². The maximum Gasteiger partial charge on any atom is 0.156 e. The van der Waals surface area contributed by atoms with Crippen LogP contribution >= 0.6 is 0 Å². The van der Waals surface area contributed by atoms with Gasteiger partial charge in [0, 0.05) is 0 Å². The second-order valence-corrected chi connectivity index (χ2v) is 9.30. The first-order valence-corrected chi connectivity index (χ1v) is 9.71. The Balaban J connectivity index is 1.64. The minimum atomic E-state index is -3.02. The predicted molar refractivity (Wildman–Crippen MR) is 90.7 cm³/mol. The maximum atomic E-state index is 12.2. The zero-order chi connectivity index (χ0) is 16.1. The normalized spacial score (nSPS) is 31.9. The molecule has 2 aromatic carbocycles. The van der Waals surface area contributed by atoms with Crippen LogP contribution in [-0.2, 0) is 15.4 Å². The third kappa shape index (κ3) is 2.41. The van der Waals surface area contributed by atoms with Gasteiger partial charge >= 0.3 is 0 Å². The molecule has 120 valence electrons. The first kappa shape index (κ1) is 14.9. The quantitative estimate of drug-likeness (QED) is 0.920. The van der Waals surface area contributed by atoms with Gasteiger partial charge in [-0.15, -0.1) is 0 Å². The number of aliphatic hydroxyl groups is 1. The molecule has 0 amide bonds. The highest BCUT2D eigenvalue weighted by atomic mass is 32.2. The average Bonchev–Trinajstić information content (AvgIpc) is 2.74. The molecule has 2 saturated heterocycles. The van der Waals surface area contributed by atoms with Crippen molar-refractivity contribution < 1.29 is 13.5 Å². The van der Waals surface area contributed by atoms with E-state index in [-0.39, 0.29) is 10.5 Å². The number of hydrogen-bond donors (Lipinski definition) is 1. The number of sulfone groups is 1. The molecule has 0 radical (unpaired) electrons. The first-order chi connectivity index (χ1) is 11.0. The summed E-state index contributed by atoms with van der Waals surface area (Å²) in [5.41, 5.74) is 2.07. The van der Waals surface area contributed by atoms with Gasteiger partial charge in [0.1, 0.15) is 0 Å². The Kier molecular flexibility index (Phi) is 3.36. The first-order valence-electron chi connectivity index (χ1n) is 8.10. The lowest BCUT2D eigenvalue weighted by Crippen LogP contribution is -2.43. The van der Waals surface area contributed by atoms with Crippen LogP contribution < -0.4 is 0 Å². The zero-order valence-electron chi connectivity index (χ0n) is 12.9. The van der Waals surface area contributed by atoms with Crippen LogP contribution in [0.1, 0.15) is 31.2 Å². The van der Waals surface area contributed by atoms with E-state index in [1.165, 1.54) is 0 Å². The van der Waals surface area contributed by atoms with E-state index in [9.17, 15) is 13.5 Å². The van der Waals surface area contributed by atoms with Gasteiger partial charge < -0.3 is 5.11 Å². The Morgan fingerprint density at radius 2 is 1.35 bits per heavy atom. The van der Waals surface area contributed by atoms with Gasteiger partial charge in [0.25, 0.3) is 0 Å². The van der Waals surface area contributed by atoms with Gasteiger partial charge in [0.15, 0.2) is 9.84 Å². The van der Waals surface area contributed by atoms with Crippen LogP contribution in [0.3, 0.4) is 0 Å². The maximum absolute atomic E-state index is 12.2. The molecule has 0 saturated carbocycles. The van der Waals surface area contributed by atoms with Crippen molar-refractivity contribution in [2.24, 2.45) is 0 Å². The molecule has 2 aliphatic rings. The van der Waals surface area contributed by atoms with E-state index < -0.39 is 15.4 Å². The summed E-state index contributed by atoms with van der Waals surface area (Å²) >= 11 is 0. The molecule has 0 aromatic heterocycles. The smallest absolute Gasteiger partial charge is 0.156 e. The summed E-state index contributed by atoms with van der Waals surface area (Å²) in [6.45, 7) is 0. The molecular weight excluding hydrogens is 308 g/mol. The van der Waals surface area contributed by atoms with Crippen molar-refractivity contribution in [2.45, 2.75) is 41.8 Å². The minimum absolute atomic E-state index is 0.330. The van der Waals surface area contributed by atoms with Crippen LogP contribution in [0.15, 0.2) is 54.6 Å². The fourth-order valence-corrected chi connectivity index (χ4v) is 6.57. The van der Waals surface area contributed by atoms with Gasteiger partial charge in [0.2, 0.25) is 0 Å². The van der Waals surface area contributed by atoms with E-state index in [0.29, 0.717) is 25.7 Å². The van der Waals surface area contributed by atoms with Gasteiger partial charge in [-0.3, -0.25) is 0 Å². The van der Waals surface area contributed by atoms with Crippen LogP contribution in [0, 0.1) is 0 Å². The van der Waals surface area contributed by atoms with Gasteiger partial charge in [-0.05, 0) is 42.4 Å². The molecule has 2 bridgehead atoms. The molecule has 0 spiro atoms. The molecule has 4 heteroatoms. The predicted octanol–water partition coefficient (Wildman–Crippen LogP) is 3.28. The summed E-state index contributed by atoms with van der Waals surface area (Å²) in [4.78, 5) is 0. The lowest BCUT2D eigenvalue weighted by Gasteiger charge is -2.36. The molecule has 2 unspecified atom stereocenters. The Bertz CT molecular complexity index is 789. The van der Waals surface area contributed by atoms with Crippen molar-refractivity contribution in [3.05, 3.63) is 60.2 Å². The van der Waals surface area contributed by atoms with Gasteiger partial charge in [0.05, 0.1) is 16.1 Å². The summed E-state index contributed by atoms with van der Waals surface area (Å²) in [7, 11) is -3.02. The van der Waals surface area contributed by atoms with Crippen molar-refractivity contribution in [1.82, 2.24) is 0 Å². The monoisotopic (exact) mass is 328 g/mol. The summed E-state index contributed by atoms with van der Waals surface area (Å²) < 4.78 is 24.4. The molecule has 2 heterocycles. The number of benzene rings is 2. The van der Waals surface area contributed by atoms with E-state index in [0.717, 1.165) is 16.7 Å². The Morgan fingerprint density at radius 1 is 0.826 bits per heavy atom. The van der Waals surface area contributed by atoms with Crippen molar-refractivity contribution in [2.75, 3.05) is 0 Å². The highest BCUT2D eigenvalue weighted by Crippen LogP contribution is 2.47. The SMILES string of the molecule is O=S1(=O)C2CCC1CC(O)(c1ccc(-c3ccccc3)cc1)C2. The summed E-state index contributed by atoms with van der Waals surface area (Å²) in [5, 5.41) is 10.3. The molecule has 2 aromatic rings. The van der Waals surface area contributed by atoms with E-state index in [1.807, 2.05) is 42.5 Å². The molecule has 23 heavy (non-hydrogen) atoms. The largest absolute Gasteiger partial charge is 0.385 e. The van der Waals surface area contributed by atoms with Crippen LogP contribution in [0.4, 0.5) is 0 Å². The van der Waals surface area contributed by atoms with E-state index in [1.54, 1.807) is 0 Å². The Labute approximate surface area is 136 Å². The van der Waals surface area contributed by atoms with Crippen LogP contribution in [0.5, 0.6) is 0 Å². The molecular formula is C19H20O3S. The van der Waals surface area contributed by atoms with Crippen molar-refractivity contribution in [3.63, 3.8) is 0 Å². The fraction of sp³-hybridized carbons (Fsp3) is 0.368. The summed E-state index contributed by atoms with van der Waals surface area (Å²) in [5.74, 6) is 0. The van der Waals surface area contributed by atoms with Crippen LogP contribution in [0.25, 0.3) is 11.1 Å². The van der Waals surface area contributed by atoms with Gasteiger partial charge in [-0.1, -0.05) is 54.6 Å². The molecule has 2 fully saturated rings. The topological polar surface area (TPSA) is 54.4 Å². The number of hydrogen-bond acceptors (Lipinski definition) is 3. The molecule has 4 rings (SSSR count). The molecule has 1 N–H and O–H groups in total. The third-order valence-electron chi connectivity index (χ3n) is 5.40. The van der Waals surface area contributed by atoms with Gasteiger partial charge in [-0.2, -0.15) is 0 Å². The highest BCUT2D eigenvalue weighted by molar-refractivity contribution is 7.93. The average molecular weight is 328 g/mol. The van der Waals surface area contributed by atoms with E-state index in [4.69, 9.17) is 0 Å². The lowest BCUT2D eigenvalue weighted by atomic mass is 9.85. The van der Waals surface area contributed by atoms with Crippen molar-refractivity contribution in [3.8, 4) is 11.1 Å². The van der Waals surface area contributed by atoms with Crippen molar-refractivity contribution in [1.29, 1.82) is 0 Å². The fourth-order valence-electron chi connectivity index (χ4n) is 4.08. The molecule has 2 aliphatic heterocycles. The van der Waals surface area contributed by atoms with E-state index in [2.05, 4.69) is 12.1 Å². The zero-order valence-corrected chi connectivity index (χ0v) is 13.7. The standard InChI is InChI=1S/C19H20O3S/c20-19(12-17-10-11-18(13-19)23(17,21)22)16-8-6-15(7-9-16)14-4-2-1-3-5-14/h1-9,17-18,20H,10-13H2. The highest BCUT2D eigenvalue weighted by Gasteiger charge is 2.53. The molecule has 2 atom stereocenters. The number of fused-ring (bicyclic) bond motifs is 2. The third-order valence-corrected chi connectivity index (χ3v) is 8.06.